The number of ether oxygens (including phenoxy) is 1. The van der Waals surface area contributed by atoms with Crippen LogP contribution in [-0.4, -0.2) is 12.0 Å². The molecule has 0 bridgehead atoms. The number of amides is 1. The van der Waals surface area contributed by atoms with Crippen LogP contribution in [0.1, 0.15) is 6.92 Å². The van der Waals surface area contributed by atoms with Gasteiger partial charge in [0.1, 0.15) is 0 Å². The molecule has 1 rings (SSSR count). The number of rotatable bonds is 0. The Morgan fingerprint density at radius 1 is 1.83 bits per heavy atom. The highest BCUT2D eigenvalue weighted by Crippen LogP contribution is 1.97. The van der Waals surface area contributed by atoms with E-state index >= 15 is 0 Å². The van der Waals surface area contributed by atoms with Crippen LogP contribution in [0.5, 0.6) is 0 Å². The number of carbonyl (C=O) groups excluding carboxylic acids is 1. The summed E-state index contributed by atoms with van der Waals surface area (Å²) in [5, 5.41) is 0. The molecule has 3 heteroatoms. The lowest BCUT2D eigenvalue weighted by Crippen LogP contribution is -2.16. The summed E-state index contributed by atoms with van der Waals surface area (Å²) in [7, 11) is 0. The van der Waals surface area contributed by atoms with Crippen LogP contribution in [-0.2, 0) is 4.74 Å². The van der Waals surface area contributed by atoms with Crippen molar-refractivity contribution in [2.45, 2.75) is 6.92 Å². The van der Waals surface area contributed by atoms with E-state index in [-0.39, 0.29) is 0 Å². The maximum atomic E-state index is 9.70. The lowest BCUT2D eigenvalue weighted by atomic mass is 10.7. The first-order valence-electron chi connectivity index (χ1n) is 1.56. The third kappa shape index (κ3) is 0.282. The average Bonchev–Trinajstić information content (AvgIpc) is 1.33. The molecule has 0 saturated carbocycles. The number of carbonyl (C=O) groups is 1. The summed E-state index contributed by atoms with van der Waals surface area (Å²) in [6, 6.07) is 0. The van der Waals surface area contributed by atoms with Gasteiger partial charge in [0, 0.05) is 6.92 Å². The van der Waals surface area contributed by atoms with Gasteiger partial charge in [-0.3, -0.25) is 0 Å². The second kappa shape index (κ2) is 0.801. The van der Waals surface area contributed by atoms with Crippen molar-refractivity contribution >= 4 is 12.0 Å². The Bertz CT molecular complexity index is 116. The van der Waals surface area contributed by atoms with Gasteiger partial charge < -0.3 is 4.74 Å². The van der Waals surface area contributed by atoms with E-state index in [1.54, 1.807) is 6.92 Å². The predicted octanol–water partition coefficient (Wildman–Crippen LogP) is 0.555. The minimum absolute atomic E-state index is 0.458. The fraction of sp³-hybridized carbons (Fsp3) is 0.333. The van der Waals surface area contributed by atoms with Gasteiger partial charge in [0.15, 0.2) is 0 Å². The maximum Gasteiger partial charge on any atom is 0.443 e. The van der Waals surface area contributed by atoms with Crippen LogP contribution in [0.15, 0.2) is 4.99 Å². The van der Waals surface area contributed by atoms with Gasteiger partial charge in [-0.25, -0.2) is 4.79 Å². The van der Waals surface area contributed by atoms with E-state index in [9.17, 15) is 4.79 Å². The van der Waals surface area contributed by atoms with Gasteiger partial charge in [-0.15, -0.1) is 4.99 Å². The van der Waals surface area contributed by atoms with Gasteiger partial charge in [0.25, 0.3) is 0 Å². The Labute approximate surface area is 34.6 Å². The monoisotopic (exact) mass is 85.0 g/mol. The normalized spacial score (nSPS) is 18.2. The van der Waals surface area contributed by atoms with E-state index in [0.717, 1.165) is 0 Å². The molecule has 0 aromatic carbocycles. The Kier molecular flexibility index (Phi) is 0.445. The Morgan fingerprint density at radius 2 is 2.33 bits per heavy atom. The molecule has 1 amide bonds. The molecule has 6 heavy (non-hydrogen) atoms. The molecule has 32 valence electrons. The van der Waals surface area contributed by atoms with Crippen LogP contribution in [0, 0.1) is 0 Å². The summed E-state index contributed by atoms with van der Waals surface area (Å²) in [4.78, 5) is 13.0. The molecular weight excluding hydrogens is 82.0 g/mol. The van der Waals surface area contributed by atoms with E-state index in [1.807, 2.05) is 0 Å². The van der Waals surface area contributed by atoms with Crippen molar-refractivity contribution in [3.63, 3.8) is 0 Å². The number of hydrogen-bond acceptors (Lipinski definition) is 2. The molecule has 0 spiro atoms. The number of hydrogen-bond donors (Lipinski definition) is 0. The highest BCUT2D eigenvalue weighted by Gasteiger charge is 2.12. The van der Waals surface area contributed by atoms with Crippen molar-refractivity contribution in [3.8, 4) is 0 Å². The van der Waals surface area contributed by atoms with E-state index in [4.69, 9.17) is 0 Å². The zero-order valence-electron chi connectivity index (χ0n) is 3.26. The summed E-state index contributed by atoms with van der Waals surface area (Å²) in [5.41, 5.74) is 0. The smallest absolute Gasteiger partial charge is 0.394 e. The molecule has 0 fully saturated rings. The van der Waals surface area contributed by atoms with Crippen LogP contribution < -0.4 is 0 Å². The predicted molar refractivity (Wildman–Crippen MR) is 19.6 cm³/mol. The molecule has 1 heterocycles. The van der Waals surface area contributed by atoms with Gasteiger partial charge in [-0.05, 0) is 0 Å². The van der Waals surface area contributed by atoms with Crippen LogP contribution in [0.3, 0.4) is 0 Å². The largest absolute Gasteiger partial charge is 0.443 e. The third-order valence-corrected chi connectivity index (χ3v) is 0.484. The summed E-state index contributed by atoms with van der Waals surface area (Å²) < 4.78 is 4.25. The van der Waals surface area contributed by atoms with Crippen molar-refractivity contribution in [2.24, 2.45) is 4.99 Å². The lowest BCUT2D eigenvalue weighted by Gasteiger charge is -2.04. The van der Waals surface area contributed by atoms with Crippen molar-refractivity contribution in [3.05, 3.63) is 0 Å². The van der Waals surface area contributed by atoms with Crippen LogP contribution in [0.2, 0.25) is 0 Å². The number of cyclic esters (lactones) is 1. The van der Waals surface area contributed by atoms with Crippen LogP contribution >= 0.6 is 0 Å². The van der Waals surface area contributed by atoms with Crippen LogP contribution in [0.25, 0.3) is 0 Å². The molecule has 0 radical (unpaired) electrons. The van der Waals surface area contributed by atoms with Crippen molar-refractivity contribution in [2.75, 3.05) is 0 Å². The highest BCUT2D eigenvalue weighted by atomic mass is 16.6. The van der Waals surface area contributed by atoms with E-state index in [0.29, 0.717) is 5.90 Å². The van der Waals surface area contributed by atoms with Gasteiger partial charge in [-0.2, -0.15) is 0 Å². The van der Waals surface area contributed by atoms with Gasteiger partial charge in [-0.1, -0.05) is 0 Å². The topological polar surface area (TPSA) is 38.7 Å². The minimum atomic E-state index is -0.479. The number of aliphatic imine (C=N–C) groups is 1. The number of nitrogens with zero attached hydrogens (tertiary/aromatic N) is 1. The zero-order valence-corrected chi connectivity index (χ0v) is 3.26. The SMILES string of the molecule is CC1=NC(=O)O1. The van der Waals surface area contributed by atoms with Crippen LogP contribution in [0.4, 0.5) is 4.79 Å². The first kappa shape index (κ1) is 3.33. The van der Waals surface area contributed by atoms with Gasteiger partial charge in [0.2, 0.25) is 5.90 Å². The molecule has 0 N–H and O–H groups in total. The standard InChI is InChI=1S/C3H3NO2/c1-2-4-3(5)6-2/h1H3. The van der Waals surface area contributed by atoms with E-state index < -0.39 is 6.09 Å². The summed E-state index contributed by atoms with van der Waals surface area (Å²) in [6.45, 7) is 1.63. The fourth-order valence-electron chi connectivity index (χ4n) is 0.262. The second-order valence-electron chi connectivity index (χ2n) is 0.999. The maximum absolute atomic E-state index is 9.70. The molecule has 0 aliphatic carbocycles. The van der Waals surface area contributed by atoms with Gasteiger partial charge >= 0.3 is 6.09 Å². The summed E-state index contributed by atoms with van der Waals surface area (Å²) in [6.07, 6.45) is -0.479. The molecule has 0 aromatic heterocycles. The van der Waals surface area contributed by atoms with Gasteiger partial charge in [0.05, 0.1) is 0 Å². The van der Waals surface area contributed by atoms with E-state index in [1.165, 1.54) is 0 Å². The highest BCUT2D eigenvalue weighted by molar-refractivity contribution is 6.01. The molecular formula is C3H3NO2. The first-order chi connectivity index (χ1) is 2.79. The molecule has 1 aliphatic rings. The first-order valence-corrected chi connectivity index (χ1v) is 1.56. The molecule has 0 saturated heterocycles. The molecule has 0 atom stereocenters. The van der Waals surface area contributed by atoms with Crippen molar-refractivity contribution in [1.29, 1.82) is 0 Å². The Morgan fingerprint density at radius 3 is 2.33 bits per heavy atom. The fourth-order valence-corrected chi connectivity index (χ4v) is 0.262. The van der Waals surface area contributed by atoms with Crippen molar-refractivity contribution < 1.29 is 9.53 Å². The molecule has 1 aliphatic heterocycles. The summed E-state index contributed by atoms with van der Waals surface area (Å²) >= 11 is 0. The molecule has 0 unspecified atom stereocenters. The quantitative estimate of drug-likeness (QED) is 0.431. The molecule has 0 aromatic rings. The Hall–Kier alpha value is -0.860. The average molecular weight is 85.1 g/mol. The Balaban J connectivity index is 2.68. The zero-order chi connectivity index (χ0) is 4.57. The summed E-state index contributed by atoms with van der Waals surface area (Å²) in [5.74, 6) is 0.458. The van der Waals surface area contributed by atoms with Crippen molar-refractivity contribution in [1.82, 2.24) is 0 Å². The lowest BCUT2D eigenvalue weighted by molar-refractivity contribution is 0.195. The van der Waals surface area contributed by atoms with E-state index in [2.05, 4.69) is 9.73 Å². The molecule has 3 nitrogen and oxygen atoms in total. The second-order valence-corrected chi connectivity index (χ2v) is 0.999. The third-order valence-electron chi connectivity index (χ3n) is 0.484. The minimum Gasteiger partial charge on any atom is -0.394 e.